The highest BCUT2D eigenvalue weighted by atomic mass is 16.5. The van der Waals surface area contributed by atoms with Gasteiger partial charge in [0.05, 0.1) is 0 Å². The Labute approximate surface area is 120 Å². The smallest absolute Gasteiger partial charge is 0.258 e. The zero-order chi connectivity index (χ0) is 14.5. The van der Waals surface area contributed by atoms with E-state index in [1.54, 1.807) is 24.3 Å². The first-order chi connectivity index (χ1) is 9.52. The molecule has 0 saturated heterocycles. The number of carbonyl (C=O) groups is 1. The topological polar surface area (TPSA) is 64.3 Å². The predicted octanol–water partition coefficient (Wildman–Crippen LogP) is 2.59. The van der Waals surface area contributed by atoms with Gasteiger partial charge in [0.15, 0.2) is 6.61 Å². The van der Waals surface area contributed by atoms with Gasteiger partial charge in [0.25, 0.3) is 5.91 Å². The lowest BCUT2D eigenvalue weighted by molar-refractivity contribution is -0.124. The van der Waals surface area contributed by atoms with E-state index in [1.165, 1.54) is 6.42 Å². The Kier molecular flexibility index (Phi) is 4.88. The second-order valence-electron chi connectivity index (χ2n) is 6.04. The molecule has 0 heterocycles. The third kappa shape index (κ3) is 4.44. The van der Waals surface area contributed by atoms with Crippen molar-refractivity contribution in [3.8, 4) is 5.75 Å². The van der Waals surface area contributed by atoms with Crippen molar-refractivity contribution < 1.29 is 9.53 Å². The number of rotatable bonds is 4. The van der Waals surface area contributed by atoms with E-state index >= 15 is 0 Å². The number of hydrogen-bond acceptors (Lipinski definition) is 3. The highest BCUT2D eigenvalue weighted by molar-refractivity contribution is 5.77. The number of nitrogens with two attached hydrogens (primary N) is 1. The summed E-state index contributed by atoms with van der Waals surface area (Å²) in [6, 6.07) is 7.35. The maximum atomic E-state index is 11.9. The van der Waals surface area contributed by atoms with Crippen molar-refractivity contribution in [3.63, 3.8) is 0 Å². The average molecular weight is 276 g/mol. The third-order valence-corrected chi connectivity index (χ3v) is 3.79. The van der Waals surface area contributed by atoms with Crippen LogP contribution in [0.4, 0.5) is 5.69 Å². The summed E-state index contributed by atoms with van der Waals surface area (Å²) in [5, 5.41) is 3.07. The lowest BCUT2D eigenvalue weighted by atomic mass is 9.80. The van der Waals surface area contributed by atoms with E-state index in [-0.39, 0.29) is 18.6 Å². The molecule has 2 atom stereocenters. The van der Waals surface area contributed by atoms with Gasteiger partial charge in [0, 0.05) is 11.7 Å². The van der Waals surface area contributed by atoms with Crippen LogP contribution in [0.5, 0.6) is 5.75 Å². The molecule has 4 nitrogen and oxygen atoms in total. The van der Waals surface area contributed by atoms with Crippen LogP contribution in [0.3, 0.4) is 0 Å². The number of amides is 1. The van der Waals surface area contributed by atoms with E-state index < -0.39 is 0 Å². The van der Waals surface area contributed by atoms with Gasteiger partial charge in [-0.25, -0.2) is 0 Å². The maximum absolute atomic E-state index is 11.9. The van der Waals surface area contributed by atoms with Gasteiger partial charge in [-0.05, 0) is 55.4 Å². The Morgan fingerprint density at radius 2 is 1.80 bits per heavy atom. The minimum atomic E-state index is -0.0480. The van der Waals surface area contributed by atoms with Gasteiger partial charge < -0.3 is 15.8 Å². The van der Waals surface area contributed by atoms with E-state index in [0.717, 1.165) is 12.8 Å². The van der Waals surface area contributed by atoms with Gasteiger partial charge in [-0.2, -0.15) is 0 Å². The molecule has 0 bridgehead atoms. The van der Waals surface area contributed by atoms with Crippen molar-refractivity contribution in [2.45, 2.75) is 39.2 Å². The molecule has 3 N–H and O–H groups in total. The Balaban J connectivity index is 1.76. The molecule has 0 spiro atoms. The molecule has 1 aromatic rings. The Hall–Kier alpha value is -1.71. The molecule has 1 aromatic carbocycles. The summed E-state index contributed by atoms with van der Waals surface area (Å²) in [6.45, 7) is 4.56. The van der Waals surface area contributed by atoms with Gasteiger partial charge >= 0.3 is 0 Å². The van der Waals surface area contributed by atoms with E-state index in [9.17, 15) is 4.79 Å². The molecule has 1 aliphatic carbocycles. The second kappa shape index (κ2) is 6.64. The van der Waals surface area contributed by atoms with E-state index in [2.05, 4.69) is 19.2 Å². The summed E-state index contributed by atoms with van der Waals surface area (Å²) < 4.78 is 5.45. The monoisotopic (exact) mass is 276 g/mol. The van der Waals surface area contributed by atoms with Crippen LogP contribution >= 0.6 is 0 Å². The quantitative estimate of drug-likeness (QED) is 0.831. The minimum Gasteiger partial charge on any atom is -0.484 e. The number of ether oxygens (including phenoxy) is 1. The highest BCUT2D eigenvalue weighted by Gasteiger charge is 2.24. The van der Waals surface area contributed by atoms with Gasteiger partial charge in [-0.15, -0.1) is 0 Å². The average Bonchev–Trinajstić information content (AvgIpc) is 2.37. The summed E-state index contributed by atoms with van der Waals surface area (Å²) in [7, 11) is 0. The van der Waals surface area contributed by atoms with Crippen molar-refractivity contribution >= 4 is 11.6 Å². The molecule has 1 saturated carbocycles. The van der Waals surface area contributed by atoms with Gasteiger partial charge in [0.2, 0.25) is 0 Å². The first kappa shape index (κ1) is 14.7. The van der Waals surface area contributed by atoms with Crippen molar-refractivity contribution in [1.82, 2.24) is 5.32 Å². The number of benzene rings is 1. The van der Waals surface area contributed by atoms with Gasteiger partial charge in [0.1, 0.15) is 5.75 Å². The molecule has 0 aliphatic heterocycles. The summed E-state index contributed by atoms with van der Waals surface area (Å²) in [5.41, 5.74) is 6.28. The van der Waals surface area contributed by atoms with Crippen LogP contribution in [0.1, 0.15) is 33.1 Å². The highest BCUT2D eigenvalue weighted by Crippen LogP contribution is 2.28. The molecule has 2 unspecified atom stereocenters. The van der Waals surface area contributed by atoms with Crippen LogP contribution in [0.25, 0.3) is 0 Å². The van der Waals surface area contributed by atoms with Crippen LogP contribution < -0.4 is 15.8 Å². The van der Waals surface area contributed by atoms with Gasteiger partial charge in [-0.3, -0.25) is 4.79 Å². The standard InChI is InChI=1S/C16H24N2O2/c1-11-7-12(2)9-14(8-11)18-16(19)10-20-15-5-3-13(17)4-6-15/h3-6,11-12,14H,7-10,17H2,1-2H3,(H,18,19). The molecule has 1 fully saturated rings. The van der Waals surface area contributed by atoms with Gasteiger partial charge in [-0.1, -0.05) is 13.8 Å². The summed E-state index contributed by atoms with van der Waals surface area (Å²) in [4.78, 5) is 11.9. The second-order valence-corrected chi connectivity index (χ2v) is 6.04. The number of nitrogen functional groups attached to an aromatic ring is 1. The maximum Gasteiger partial charge on any atom is 0.258 e. The molecule has 0 aromatic heterocycles. The first-order valence-corrected chi connectivity index (χ1v) is 7.30. The Morgan fingerprint density at radius 1 is 1.20 bits per heavy atom. The molecule has 1 aliphatic rings. The van der Waals surface area contributed by atoms with E-state index in [4.69, 9.17) is 10.5 Å². The Morgan fingerprint density at radius 3 is 2.40 bits per heavy atom. The first-order valence-electron chi connectivity index (χ1n) is 7.30. The van der Waals surface area contributed by atoms with Crippen LogP contribution in [0.15, 0.2) is 24.3 Å². The largest absolute Gasteiger partial charge is 0.484 e. The molecule has 20 heavy (non-hydrogen) atoms. The lowest BCUT2D eigenvalue weighted by Crippen LogP contribution is -2.42. The predicted molar refractivity (Wildman–Crippen MR) is 80.5 cm³/mol. The summed E-state index contributed by atoms with van der Waals surface area (Å²) >= 11 is 0. The zero-order valence-electron chi connectivity index (χ0n) is 12.3. The number of nitrogens with one attached hydrogen (secondary N) is 1. The minimum absolute atomic E-state index is 0.0480. The SMILES string of the molecule is CC1CC(C)CC(NC(=O)COc2ccc(N)cc2)C1. The molecule has 2 rings (SSSR count). The lowest BCUT2D eigenvalue weighted by Gasteiger charge is -2.31. The molecule has 110 valence electrons. The van der Waals surface area contributed by atoms with E-state index in [1.807, 2.05) is 0 Å². The van der Waals surface area contributed by atoms with Crippen molar-refractivity contribution in [3.05, 3.63) is 24.3 Å². The summed E-state index contributed by atoms with van der Waals surface area (Å²) in [5.74, 6) is 1.98. The van der Waals surface area contributed by atoms with Crippen molar-refractivity contribution in [1.29, 1.82) is 0 Å². The molecule has 0 radical (unpaired) electrons. The van der Waals surface area contributed by atoms with Crippen LogP contribution in [0, 0.1) is 11.8 Å². The third-order valence-electron chi connectivity index (χ3n) is 3.79. The summed E-state index contributed by atoms with van der Waals surface area (Å²) in [6.07, 6.45) is 3.39. The number of hydrogen-bond donors (Lipinski definition) is 2. The van der Waals surface area contributed by atoms with Crippen molar-refractivity contribution in [2.75, 3.05) is 12.3 Å². The molecule has 4 heteroatoms. The fourth-order valence-corrected chi connectivity index (χ4v) is 3.05. The Bertz CT molecular complexity index is 434. The van der Waals surface area contributed by atoms with Crippen LogP contribution in [-0.4, -0.2) is 18.6 Å². The zero-order valence-corrected chi connectivity index (χ0v) is 12.3. The molecule has 1 amide bonds. The van der Waals surface area contributed by atoms with E-state index in [0.29, 0.717) is 23.3 Å². The molecular formula is C16H24N2O2. The number of anilines is 1. The number of carbonyl (C=O) groups excluding carboxylic acids is 1. The molecular weight excluding hydrogens is 252 g/mol. The fraction of sp³-hybridized carbons (Fsp3) is 0.562. The fourth-order valence-electron chi connectivity index (χ4n) is 3.05. The normalized spacial score (nSPS) is 26.0. The van der Waals surface area contributed by atoms with Crippen LogP contribution in [-0.2, 0) is 4.79 Å². The van der Waals surface area contributed by atoms with Crippen molar-refractivity contribution in [2.24, 2.45) is 11.8 Å². The van der Waals surface area contributed by atoms with Crippen LogP contribution in [0.2, 0.25) is 0 Å².